The Morgan fingerprint density at radius 1 is 1.41 bits per heavy atom. The van der Waals surface area contributed by atoms with Crippen LogP contribution in [0.3, 0.4) is 0 Å². The van der Waals surface area contributed by atoms with Crippen molar-refractivity contribution in [2.75, 3.05) is 7.11 Å². The predicted octanol–water partition coefficient (Wildman–Crippen LogP) is 2.36. The zero-order valence-electron chi connectivity index (χ0n) is 9.53. The first-order valence-electron chi connectivity index (χ1n) is 5.30. The lowest BCUT2D eigenvalue weighted by Crippen LogP contribution is -2.13. The third-order valence-corrected chi connectivity index (χ3v) is 2.66. The molecule has 0 amide bonds. The number of rotatable bonds is 5. The van der Waals surface area contributed by atoms with Crippen molar-refractivity contribution in [2.45, 2.75) is 13.1 Å². The monoisotopic (exact) mass is 251 g/mol. The molecule has 17 heavy (non-hydrogen) atoms. The van der Waals surface area contributed by atoms with Crippen LogP contribution in [0.4, 0.5) is 0 Å². The number of H-pyrrole nitrogens is 1. The summed E-state index contributed by atoms with van der Waals surface area (Å²) in [5, 5.41) is 4.01. The van der Waals surface area contributed by atoms with Gasteiger partial charge in [0.1, 0.15) is 5.75 Å². The van der Waals surface area contributed by atoms with Gasteiger partial charge in [-0.3, -0.25) is 0 Å². The van der Waals surface area contributed by atoms with Gasteiger partial charge in [0.15, 0.2) is 0 Å². The van der Waals surface area contributed by atoms with E-state index >= 15 is 0 Å². The molecule has 2 rings (SSSR count). The van der Waals surface area contributed by atoms with Crippen molar-refractivity contribution in [1.82, 2.24) is 15.3 Å². The molecule has 0 saturated carbocycles. The number of aromatic nitrogens is 2. The van der Waals surface area contributed by atoms with Crippen LogP contribution in [-0.2, 0) is 13.1 Å². The molecule has 4 nitrogen and oxygen atoms in total. The summed E-state index contributed by atoms with van der Waals surface area (Å²) in [6.45, 7) is 1.43. The van der Waals surface area contributed by atoms with E-state index in [1.807, 2.05) is 18.2 Å². The van der Waals surface area contributed by atoms with Crippen LogP contribution in [0.1, 0.15) is 11.3 Å². The molecule has 0 aliphatic rings. The molecule has 0 unspecified atom stereocenters. The summed E-state index contributed by atoms with van der Waals surface area (Å²) < 4.78 is 5.27. The molecule has 0 spiro atoms. The van der Waals surface area contributed by atoms with Gasteiger partial charge in [-0.2, -0.15) is 0 Å². The molecule has 1 aromatic heterocycles. The summed E-state index contributed by atoms with van der Waals surface area (Å²) >= 11 is 5.95. The Morgan fingerprint density at radius 2 is 2.29 bits per heavy atom. The van der Waals surface area contributed by atoms with Crippen LogP contribution in [-0.4, -0.2) is 17.1 Å². The minimum Gasteiger partial charge on any atom is -0.496 e. The van der Waals surface area contributed by atoms with Gasteiger partial charge in [-0.15, -0.1) is 0 Å². The van der Waals surface area contributed by atoms with Gasteiger partial charge in [-0.05, 0) is 18.2 Å². The van der Waals surface area contributed by atoms with E-state index in [2.05, 4.69) is 15.3 Å². The number of halogens is 1. The Bertz CT molecular complexity index is 471. The highest BCUT2D eigenvalue weighted by molar-refractivity contribution is 6.30. The number of methoxy groups -OCH3 is 1. The highest BCUT2D eigenvalue weighted by Crippen LogP contribution is 2.22. The van der Waals surface area contributed by atoms with Crippen molar-refractivity contribution < 1.29 is 4.74 Å². The molecule has 0 saturated heterocycles. The Balaban J connectivity index is 1.96. The summed E-state index contributed by atoms with van der Waals surface area (Å²) in [5.74, 6) is 0.839. The van der Waals surface area contributed by atoms with E-state index in [9.17, 15) is 0 Å². The zero-order chi connectivity index (χ0) is 12.1. The highest BCUT2D eigenvalue weighted by Gasteiger charge is 2.03. The number of benzene rings is 1. The van der Waals surface area contributed by atoms with Gasteiger partial charge in [-0.25, -0.2) is 4.98 Å². The minimum absolute atomic E-state index is 0.697. The standard InChI is InChI=1S/C12H14ClN3O/c1-17-12-3-2-10(13)4-9(12)5-14-6-11-7-15-8-16-11/h2-4,7-8,14H,5-6H2,1H3,(H,15,16). The van der Waals surface area contributed by atoms with E-state index in [1.54, 1.807) is 19.6 Å². The van der Waals surface area contributed by atoms with Crippen molar-refractivity contribution in [3.8, 4) is 5.75 Å². The van der Waals surface area contributed by atoms with Crippen molar-refractivity contribution in [1.29, 1.82) is 0 Å². The lowest BCUT2D eigenvalue weighted by atomic mass is 10.2. The van der Waals surface area contributed by atoms with Crippen molar-refractivity contribution in [3.05, 3.63) is 47.0 Å². The molecule has 0 aliphatic carbocycles. The van der Waals surface area contributed by atoms with E-state index in [0.29, 0.717) is 11.6 Å². The second kappa shape index (κ2) is 5.70. The fourth-order valence-corrected chi connectivity index (χ4v) is 1.79. The van der Waals surface area contributed by atoms with Crippen LogP contribution in [0.15, 0.2) is 30.7 Å². The lowest BCUT2D eigenvalue weighted by Gasteiger charge is -2.09. The number of hydrogen-bond acceptors (Lipinski definition) is 3. The lowest BCUT2D eigenvalue weighted by molar-refractivity contribution is 0.407. The summed E-state index contributed by atoms with van der Waals surface area (Å²) in [6.07, 6.45) is 3.46. The molecule has 2 aromatic rings. The van der Waals surface area contributed by atoms with Crippen LogP contribution in [0.2, 0.25) is 5.02 Å². The number of ether oxygens (including phenoxy) is 1. The Labute approximate surface area is 105 Å². The van der Waals surface area contributed by atoms with E-state index < -0.39 is 0 Å². The molecule has 0 atom stereocenters. The van der Waals surface area contributed by atoms with Crippen molar-refractivity contribution in [2.24, 2.45) is 0 Å². The molecule has 0 aliphatic heterocycles. The van der Waals surface area contributed by atoms with E-state index in [4.69, 9.17) is 16.3 Å². The first kappa shape index (κ1) is 12.0. The smallest absolute Gasteiger partial charge is 0.123 e. The summed E-state index contributed by atoms with van der Waals surface area (Å²) in [5.41, 5.74) is 2.09. The van der Waals surface area contributed by atoms with Gasteiger partial charge >= 0.3 is 0 Å². The highest BCUT2D eigenvalue weighted by atomic mass is 35.5. The average molecular weight is 252 g/mol. The van der Waals surface area contributed by atoms with Crippen LogP contribution in [0, 0.1) is 0 Å². The number of aromatic amines is 1. The Kier molecular flexibility index (Phi) is 4.01. The van der Waals surface area contributed by atoms with Crippen LogP contribution in [0.25, 0.3) is 0 Å². The largest absolute Gasteiger partial charge is 0.496 e. The predicted molar refractivity (Wildman–Crippen MR) is 67.1 cm³/mol. The van der Waals surface area contributed by atoms with Gasteiger partial charge in [0, 0.05) is 35.6 Å². The number of nitrogens with one attached hydrogen (secondary N) is 2. The van der Waals surface area contributed by atoms with Gasteiger partial charge in [0.2, 0.25) is 0 Å². The van der Waals surface area contributed by atoms with E-state index in [1.165, 1.54) is 0 Å². The van der Waals surface area contributed by atoms with Crippen molar-refractivity contribution in [3.63, 3.8) is 0 Å². The maximum atomic E-state index is 5.95. The minimum atomic E-state index is 0.697. The first-order chi connectivity index (χ1) is 8.29. The average Bonchev–Trinajstić information content (AvgIpc) is 2.82. The van der Waals surface area contributed by atoms with Gasteiger partial charge in [0.05, 0.1) is 13.4 Å². The second-order valence-corrected chi connectivity index (χ2v) is 4.07. The summed E-state index contributed by atoms with van der Waals surface area (Å²) in [7, 11) is 1.65. The van der Waals surface area contributed by atoms with Crippen LogP contribution < -0.4 is 10.1 Å². The molecular weight excluding hydrogens is 238 g/mol. The van der Waals surface area contributed by atoms with Gasteiger partial charge in [0.25, 0.3) is 0 Å². The molecule has 2 N–H and O–H groups in total. The Morgan fingerprint density at radius 3 is 3.00 bits per heavy atom. The molecule has 5 heteroatoms. The zero-order valence-corrected chi connectivity index (χ0v) is 10.3. The summed E-state index contributed by atoms with van der Waals surface area (Å²) in [6, 6.07) is 5.59. The second-order valence-electron chi connectivity index (χ2n) is 3.64. The number of nitrogens with zero attached hydrogens (tertiary/aromatic N) is 1. The molecule has 0 fully saturated rings. The van der Waals surface area contributed by atoms with E-state index in [-0.39, 0.29) is 0 Å². The third kappa shape index (κ3) is 3.22. The molecule has 90 valence electrons. The quantitative estimate of drug-likeness (QED) is 0.858. The van der Waals surface area contributed by atoms with Gasteiger partial charge < -0.3 is 15.0 Å². The maximum absolute atomic E-state index is 5.95. The van der Waals surface area contributed by atoms with Crippen LogP contribution >= 0.6 is 11.6 Å². The van der Waals surface area contributed by atoms with Gasteiger partial charge in [-0.1, -0.05) is 11.6 Å². The van der Waals surface area contributed by atoms with Crippen LogP contribution in [0.5, 0.6) is 5.75 Å². The molecular formula is C12H14ClN3O. The van der Waals surface area contributed by atoms with Crippen molar-refractivity contribution >= 4 is 11.6 Å². The SMILES string of the molecule is COc1ccc(Cl)cc1CNCc1cnc[nH]1. The maximum Gasteiger partial charge on any atom is 0.123 e. The third-order valence-electron chi connectivity index (χ3n) is 2.43. The molecule has 0 bridgehead atoms. The fraction of sp³-hybridized carbons (Fsp3) is 0.250. The summed E-state index contributed by atoms with van der Waals surface area (Å²) in [4.78, 5) is 6.99. The fourth-order valence-electron chi connectivity index (χ4n) is 1.60. The molecule has 1 aromatic carbocycles. The number of imidazole rings is 1. The molecule has 1 heterocycles. The van der Waals surface area contributed by atoms with E-state index in [0.717, 1.165) is 23.6 Å². The topological polar surface area (TPSA) is 49.9 Å². The normalized spacial score (nSPS) is 10.5. The number of hydrogen-bond donors (Lipinski definition) is 2. The Hall–Kier alpha value is -1.52. The first-order valence-corrected chi connectivity index (χ1v) is 5.68. The molecule has 0 radical (unpaired) electrons.